The average molecular weight is 221 g/mol. The van der Waals surface area contributed by atoms with Crippen LogP contribution in [0.25, 0.3) is 11.3 Å². The van der Waals surface area contributed by atoms with Crippen LogP contribution in [-0.4, -0.2) is 17.0 Å². The molecule has 0 atom stereocenters. The standard InChI is InChI=1S/C8H6BBrN2/c10-7-4-2-1-3-6(7)8-5-11-9-12-8/h1-5,11H. The summed E-state index contributed by atoms with van der Waals surface area (Å²) in [6.07, 6.45) is 1.88. The van der Waals surface area contributed by atoms with Crippen LogP contribution in [0, 0.1) is 0 Å². The molecule has 0 bridgehead atoms. The van der Waals surface area contributed by atoms with Crippen molar-refractivity contribution in [3.05, 3.63) is 34.9 Å². The van der Waals surface area contributed by atoms with Crippen LogP contribution in [0.5, 0.6) is 0 Å². The molecule has 0 amide bonds. The van der Waals surface area contributed by atoms with E-state index in [0.29, 0.717) is 0 Å². The quantitative estimate of drug-likeness (QED) is 0.785. The van der Waals surface area contributed by atoms with Crippen molar-refractivity contribution in [2.45, 2.75) is 0 Å². The van der Waals surface area contributed by atoms with Crippen LogP contribution in [0.15, 0.2) is 34.9 Å². The molecule has 12 heavy (non-hydrogen) atoms. The molecule has 0 saturated carbocycles. The molecule has 4 heteroatoms. The molecular weight excluding hydrogens is 215 g/mol. The number of aromatic nitrogens is 2. The van der Waals surface area contributed by atoms with Crippen LogP contribution < -0.4 is 0 Å². The first-order valence-corrected chi connectivity index (χ1v) is 4.41. The Morgan fingerprint density at radius 2 is 2.17 bits per heavy atom. The first-order valence-electron chi connectivity index (χ1n) is 3.61. The van der Waals surface area contributed by atoms with Crippen LogP contribution in [0.1, 0.15) is 0 Å². The number of H-pyrrole nitrogens is 1. The molecule has 0 radical (unpaired) electrons. The Hall–Kier alpha value is -0.895. The van der Waals surface area contributed by atoms with Gasteiger partial charge in [0.2, 0.25) is 0 Å². The monoisotopic (exact) mass is 220 g/mol. The van der Waals surface area contributed by atoms with Crippen molar-refractivity contribution in [2.24, 2.45) is 0 Å². The van der Waals surface area contributed by atoms with Crippen LogP contribution in [-0.2, 0) is 0 Å². The summed E-state index contributed by atoms with van der Waals surface area (Å²) in [5, 5.41) is 0. The third kappa shape index (κ3) is 1.34. The summed E-state index contributed by atoms with van der Waals surface area (Å²) < 4.78 is 1.07. The number of halogens is 1. The fraction of sp³-hybridized carbons (Fsp3) is 0. The fourth-order valence-electron chi connectivity index (χ4n) is 1.08. The second-order valence-electron chi connectivity index (χ2n) is 2.43. The molecule has 2 nitrogen and oxygen atoms in total. The Kier molecular flexibility index (Phi) is 2.08. The molecule has 0 aliphatic rings. The summed E-state index contributed by atoms with van der Waals surface area (Å²) in [6.45, 7) is 0. The SMILES string of the molecule is Brc1ccccc1-c1c[nH]bn1. The maximum absolute atomic E-state index is 4.16. The van der Waals surface area contributed by atoms with Crippen molar-refractivity contribution in [2.75, 3.05) is 0 Å². The topological polar surface area (TPSA) is 28.7 Å². The Morgan fingerprint density at radius 3 is 2.83 bits per heavy atom. The van der Waals surface area contributed by atoms with Gasteiger partial charge >= 0.3 is 79.1 Å². The van der Waals surface area contributed by atoms with E-state index in [1.165, 1.54) is 0 Å². The zero-order valence-electron chi connectivity index (χ0n) is 6.29. The van der Waals surface area contributed by atoms with Gasteiger partial charge in [0.05, 0.1) is 0 Å². The van der Waals surface area contributed by atoms with Crippen LogP contribution in [0.2, 0.25) is 0 Å². The normalized spacial score (nSPS) is 9.75. The number of nitrogens with one attached hydrogen (secondary N) is 1. The molecule has 1 aromatic carbocycles. The molecule has 0 unspecified atom stereocenters. The van der Waals surface area contributed by atoms with E-state index >= 15 is 0 Å². The summed E-state index contributed by atoms with van der Waals surface area (Å²) in [6, 6.07) is 8.01. The van der Waals surface area contributed by atoms with E-state index < -0.39 is 0 Å². The number of benzene rings is 1. The van der Waals surface area contributed by atoms with Crippen molar-refractivity contribution in [3.63, 3.8) is 0 Å². The Bertz CT molecular complexity index is 372. The molecule has 0 spiro atoms. The van der Waals surface area contributed by atoms with Crippen molar-refractivity contribution in [1.82, 2.24) is 9.78 Å². The summed E-state index contributed by atoms with van der Waals surface area (Å²) >= 11 is 3.46. The van der Waals surface area contributed by atoms with Crippen molar-refractivity contribution < 1.29 is 0 Å². The molecular formula is C8H6BBrN2. The number of hydrogen-bond donors (Lipinski definition) is 1. The van der Waals surface area contributed by atoms with E-state index in [1.807, 2.05) is 30.5 Å². The second-order valence-corrected chi connectivity index (χ2v) is 3.29. The van der Waals surface area contributed by atoms with Crippen LogP contribution in [0.4, 0.5) is 0 Å². The average Bonchev–Trinajstić information content (AvgIpc) is 2.57. The molecule has 58 valence electrons. The molecule has 0 aliphatic heterocycles. The van der Waals surface area contributed by atoms with E-state index in [9.17, 15) is 0 Å². The van der Waals surface area contributed by atoms with Gasteiger partial charge in [0, 0.05) is 0 Å². The van der Waals surface area contributed by atoms with E-state index in [4.69, 9.17) is 0 Å². The molecule has 1 aromatic heterocycles. The van der Waals surface area contributed by atoms with Gasteiger partial charge in [-0.25, -0.2) is 0 Å². The molecule has 1 N–H and O–H groups in total. The summed E-state index contributed by atoms with van der Waals surface area (Å²) in [5.41, 5.74) is 2.07. The molecule has 0 aliphatic carbocycles. The van der Waals surface area contributed by atoms with Gasteiger partial charge in [0.1, 0.15) is 0 Å². The minimum atomic E-state index is 0.961. The number of aromatic amines is 1. The second kappa shape index (κ2) is 3.23. The number of hydrogen-bond acceptors (Lipinski definition) is 1. The summed E-state index contributed by atoms with van der Waals surface area (Å²) in [5.74, 6) is 0. The Labute approximate surface area is 79.4 Å². The Balaban J connectivity index is 2.55. The minimum absolute atomic E-state index is 0.961. The first-order chi connectivity index (χ1) is 5.88. The molecule has 0 fully saturated rings. The van der Waals surface area contributed by atoms with E-state index in [1.54, 1.807) is 7.19 Å². The van der Waals surface area contributed by atoms with Crippen LogP contribution >= 0.6 is 15.9 Å². The first kappa shape index (κ1) is 7.74. The van der Waals surface area contributed by atoms with E-state index in [-0.39, 0.29) is 0 Å². The maximum atomic E-state index is 4.16. The zero-order chi connectivity index (χ0) is 8.39. The summed E-state index contributed by atoms with van der Waals surface area (Å²) in [4.78, 5) is 7.09. The van der Waals surface area contributed by atoms with E-state index in [2.05, 4.69) is 25.7 Å². The van der Waals surface area contributed by atoms with Crippen molar-refractivity contribution >= 4 is 23.1 Å². The number of nitrogens with zero attached hydrogens (tertiary/aromatic N) is 1. The molecule has 2 rings (SSSR count). The van der Waals surface area contributed by atoms with Gasteiger partial charge in [-0.2, -0.15) is 0 Å². The molecule has 2 aromatic rings. The van der Waals surface area contributed by atoms with Gasteiger partial charge in [-0.05, 0) is 0 Å². The van der Waals surface area contributed by atoms with Gasteiger partial charge in [-0.15, -0.1) is 0 Å². The predicted molar refractivity (Wildman–Crippen MR) is 53.1 cm³/mol. The number of rotatable bonds is 1. The summed E-state index contributed by atoms with van der Waals surface area (Å²) in [7, 11) is 1.68. The molecule has 1 heterocycles. The van der Waals surface area contributed by atoms with Crippen molar-refractivity contribution in [3.8, 4) is 11.3 Å². The van der Waals surface area contributed by atoms with Gasteiger partial charge < -0.3 is 0 Å². The van der Waals surface area contributed by atoms with Gasteiger partial charge in [0.25, 0.3) is 0 Å². The zero-order valence-corrected chi connectivity index (χ0v) is 7.88. The fourth-order valence-corrected chi connectivity index (χ4v) is 1.56. The van der Waals surface area contributed by atoms with Gasteiger partial charge in [-0.3, -0.25) is 0 Å². The third-order valence-electron chi connectivity index (χ3n) is 1.65. The van der Waals surface area contributed by atoms with Gasteiger partial charge in [0.15, 0.2) is 0 Å². The third-order valence-corrected chi connectivity index (χ3v) is 2.34. The van der Waals surface area contributed by atoms with E-state index in [0.717, 1.165) is 15.7 Å². The predicted octanol–water partition coefficient (Wildman–Crippen LogP) is 2.18. The van der Waals surface area contributed by atoms with Crippen LogP contribution in [0.3, 0.4) is 0 Å². The van der Waals surface area contributed by atoms with Crippen molar-refractivity contribution in [1.29, 1.82) is 0 Å². The Morgan fingerprint density at radius 1 is 1.33 bits per heavy atom. The van der Waals surface area contributed by atoms with Gasteiger partial charge in [-0.1, -0.05) is 0 Å². The molecule has 0 saturated heterocycles.